The predicted molar refractivity (Wildman–Crippen MR) is 91.1 cm³/mol. The first-order valence-corrected chi connectivity index (χ1v) is 7.85. The predicted octanol–water partition coefficient (Wildman–Crippen LogP) is 3.26. The van der Waals surface area contributed by atoms with Gasteiger partial charge in [0.15, 0.2) is 11.6 Å². The van der Waals surface area contributed by atoms with Crippen LogP contribution in [0.1, 0.15) is 32.4 Å². The smallest absolute Gasteiger partial charge is 0.244 e. The van der Waals surface area contributed by atoms with Crippen molar-refractivity contribution in [2.24, 2.45) is 5.73 Å². The van der Waals surface area contributed by atoms with Crippen molar-refractivity contribution in [2.75, 3.05) is 5.32 Å². The number of ether oxygens (including phenoxy) is 1. The summed E-state index contributed by atoms with van der Waals surface area (Å²) in [6.45, 7) is 3.78. The van der Waals surface area contributed by atoms with Gasteiger partial charge in [0.2, 0.25) is 5.91 Å². The van der Waals surface area contributed by atoms with E-state index in [-0.39, 0.29) is 18.3 Å². The Balaban J connectivity index is 2.00. The number of amides is 1. The van der Waals surface area contributed by atoms with E-state index < -0.39 is 11.4 Å². The lowest BCUT2D eigenvalue weighted by molar-refractivity contribution is -0.120. The zero-order valence-electron chi connectivity index (χ0n) is 13.9. The van der Waals surface area contributed by atoms with Crippen LogP contribution in [-0.2, 0) is 11.4 Å². The van der Waals surface area contributed by atoms with Crippen LogP contribution in [0.2, 0.25) is 0 Å². The molecule has 0 bridgehead atoms. The standard InChI is InChI=1S/C18H22FN3O2/c1-3-9-18(2,20)17(23)22-13-7-8-16(15(19)11-13)24-12-14-6-4-5-10-21-14/h4-8,10-11H,3,9,12,20H2,1-2H3,(H,22,23). The summed E-state index contributed by atoms with van der Waals surface area (Å²) < 4.78 is 19.5. The lowest BCUT2D eigenvalue weighted by atomic mass is 9.96. The van der Waals surface area contributed by atoms with Crippen molar-refractivity contribution in [3.05, 3.63) is 54.1 Å². The van der Waals surface area contributed by atoms with E-state index in [0.29, 0.717) is 17.8 Å². The van der Waals surface area contributed by atoms with Gasteiger partial charge in [0.05, 0.1) is 11.2 Å². The lowest BCUT2D eigenvalue weighted by Crippen LogP contribution is -2.48. The molecule has 0 spiro atoms. The molecule has 1 atom stereocenters. The van der Waals surface area contributed by atoms with Crippen molar-refractivity contribution in [1.82, 2.24) is 4.98 Å². The van der Waals surface area contributed by atoms with Crippen LogP contribution in [0.3, 0.4) is 0 Å². The Bertz CT molecular complexity index is 690. The number of benzene rings is 1. The van der Waals surface area contributed by atoms with Crippen LogP contribution >= 0.6 is 0 Å². The second-order valence-corrected chi connectivity index (χ2v) is 5.88. The molecule has 6 heteroatoms. The van der Waals surface area contributed by atoms with Crippen LogP contribution in [0.15, 0.2) is 42.6 Å². The van der Waals surface area contributed by atoms with Crippen LogP contribution in [0.25, 0.3) is 0 Å². The molecule has 5 nitrogen and oxygen atoms in total. The van der Waals surface area contributed by atoms with Gasteiger partial charge in [-0.05, 0) is 37.6 Å². The highest BCUT2D eigenvalue weighted by atomic mass is 19.1. The Morgan fingerprint density at radius 1 is 1.38 bits per heavy atom. The highest BCUT2D eigenvalue weighted by molar-refractivity contribution is 5.97. The van der Waals surface area contributed by atoms with Gasteiger partial charge in [-0.25, -0.2) is 4.39 Å². The van der Waals surface area contributed by atoms with Gasteiger partial charge in [0.25, 0.3) is 0 Å². The molecule has 0 aliphatic carbocycles. The second-order valence-electron chi connectivity index (χ2n) is 5.88. The van der Waals surface area contributed by atoms with E-state index in [9.17, 15) is 9.18 Å². The maximum atomic E-state index is 14.1. The Kier molecular flexibility index (Phi) is 5.87. The number of nitrogens with zero attached hydrogens (tertiary/aromatic N) is 1. The van der Waals surface area contributed by atoms with E-state index in [2.05, 4.69) is 10.3 Å². The van der Waals surface area contributed by atoms with E-state index >= 15 is 0 Å². The Labute approximate surface area is 141 Å². The maximum Gasteiger partial charge on any atom is 0.244 e. The van der Waals surface area contributed by atoms with Gasteiger partial charge in [0.1, 0.15) is 6.61 Å². The van der Waals surface area contributed by atoms with Crippen molar-refractivity contribution in [3.8, 4) is 5.75 Å². The SMILES string of the molecule is CCCC(C)(N)C(=O)Nc1ccc(OCc2ccccn2)c(F)c1. The molecular formula is C18H22FN3O2. The molecule has 0 radical (unpaired) electrons. The number of nitrogens with one attached hydrogen (secondary N) is 1. The highest BCUT2D eigenvalue weighted by Gasteiger charge is 2.27. The third kappa shape index (κ3) is 4.76. The van der Waals surface area contributed by atoms with Crippen LogP contribution in [0.4, 0.5) is 10.1 Å². The summed E-state index contributed by atoms with van der Waals surface area (Å²) in [6, 6.07) is 9.69. The van der Waals surface area contributed by atoms with Gasteiger partial charge in [-0.1, -0.05) is 19.4 Å². The van der Waals surface area contributed by atoms with Gasteiger partial charge in [-0.3, -0.25) is 9.78 Å². The van der Waals surface area contributed by atoms with E-state index in [1.165, 1.54) is 12.1 Å². The van der Waals surface area contributed by atoms with Gasteiger partial charge in [-0.15, -0.1) is 0 Å². The first kappa shape index (κ1) is 17.9. The number of hydrogen-bond acceptors (Lipinski definition) is 4. The Morgan fingerprint density at radius 2 is 2.17 bits per heavy atom. The van der Waals surface area contributed by atoms with Gasteiger partial charge in [0, 0.05) is 18.0 Å². The molecular weight excluding hydrogens is 309 g/mol. The molecule has 1 amide bonds. The summed E-state index contributed by atoms with van der Waals surface area (Å²) in [4.78, 5) is 16.2. The molecule has 0 aliphatic heterocycles. The fourth-order valence-corrected chi connectivity index (χ4v) is 2.24. The summed E-state index contributed by atoms with van der Waals surface area (Å²) in [5, 5.41) is 2.64. The van der Waals surface area contributed by atoms with Gasteiger partial charge < -0.3 is 15.8 Å². The van der Waals surface area contributed by atoms with E-state index in [0.717, 1.165) is 6.42 Å². The van der Waals surface area contributed by atoms with Crippen molar-refractivity contribution in [3.63, 3.8) is 0 Å². The molecule has 0 saturated heterocycles. The third-order valence-electron chi connectivity index (χ3n) is 3.58. The average Bonchev–Trinajstić information content (AvgIpc) is 2.55. The quantitative estimate of drug-likeness (QED) is 0.816. The number of hydrogen-bond donors (Lipinski definition) is 2. The zero-order chi connectivity index (χ0) is 17.6. The van der Waals surface area contributed by atoms with Crippen molar-refractivity contribution in [2.45, 2.75) is 38.8 Å². The van der Waals surface area contributed by atoms with Crippen molar-refractivity contribution in [1.29, 1.82) is 0 Å². The van der Waals surface area contributed by atoms with Crippen molar-refractivity contribution >= 4 is 11.6 Å². The summed E-state index contributed by atoms with van der Waals surface area (Å²) in [5.41, 5.74) is 6.02. The Hall–Kier alpha value is -2.47. The summed E-state index contributed by atoms with van der Waals surface area (Å²) in [5.74, 6) is -0.799. The van der Waals surface area contributed by atoms with E-state index in [1.54, 1.807) is 31.3 Å². The third-order valence-corrected chi connectivity index (χ3v) is 3.58. The van der Waals surface area contributed by atoms with Crippen LogP contribution in [-0.4, -0.2) is 16.4 Å². The number of carbonyl (C=O) groups excluding carboxylic acids is 1. The lowest BCUT2D eigenvalue weighted by Gasteiger charge is -2.22. The fraction of sp³-hybridized carbons (Fsp3) is 0.333. The number of carbonyl (C=O) groups is 1. The van der Waals surface area contributed by atoms with E-state index in [4.69, 9.17) is 10.5 Å². The molecule has 1 heterocycles. The Morgan fingerprint density at radius 3 is 2.79 bits per heavy atom. The summed E-state index contributed by atoms with van der Waals surface area (Å²) in [6.07, 6.45) is 2.98. The highest BCUT2D eigenvalue weighted by Crippen LogP contribution is 2.23. The molecule has 0 aliphatic rings. The van der Waals surface area contributed by atoms with Gasteiger partial charge >= 0.3 is 0 Å². The van der Waals surface area contributed by atoms with Crippen LogP contribution < -0.4 is 15.8 Å². The maximum absolute atomic E-state index is 14.1. The molecule has 1 aromatic carbocycles. The molecule has 1 aromatic heterocycles. The normalized spacial score (nSPS) is 13.2. The monoisotopic (exact) mass is 331 g/mol. The average molecular weight is 331 g/mol. The fourth-order valence-electron chi connectivity index (χ4n) is 2.24. The molecule has 128 valence electrons. The van der Waals surface area contributed by atoms with Crippen LogP contribution in [0.5, 0.6) is 5.75 Å². The largest absolute Gasteiger partial charge is 0.484 e. The number of pyridine rings is 1. The van der Waals surface area contributed by atoms with Crippen molar-refractivity contribution < 1.29 is 13.9 Å². The molecule has 24 heavy (non-hydrogen) atoms. The second kappa shape index (κ2) is 7.88. The minimum absolute atomic E-state index is 0.0997. The minimum atomic E-state index is -0.987. The molecule has 1 unspecified atom stereocenters. The topological polar surface area (TPSA) is 77.2 Å². The molecule has 2 aromatic rings. The first-order valence-electron chi connectivity index (χ1n) is 7.85. The number of anilines is 1. The first-order chi connectivity index (χ1) is 11.4. The molecule has 0 saturated carbocycles. The number of rotatable bonds is 7. The van der Waals surface area contributed by atoms with E-state index in [1.807, 2.05) is 13.0 Å². The zero-order valence-corrected chi connectivity index (χ0v) is 13.9. The molecule has 2 rings (SSSR count). The van der Waals surface area contributed by atoms with Crippen LogP contribution in [0, 0.1) is 5.82 Å². The number of halogens is 1. The molecule has 3 N–H and O–H groups in total. The summed E-state index contributed by atoms with van der Waals surface area (Å²) >= 11 is 0. The van der Waals surface area contributed by atoms with Gasteiger partial charge in [-0.2, -0.15) is 0 Å². The number of nitrogens with two attached hydrogens (primary N) is 1. The number of aromatic nitrogens is 1. The minimum Gasteiger partial charge on any atom is -0.484 e. The summed E-state index contributed by atoms with van der Waals surface area (Å²) in [7, 11) is 0. The molecule has 0 fully saturated rings.